The largest absolute Gasteiger partial charge is 0.369 e. The van der Waals surface area contributed by atoms with Crippen LogP contribution < -0.4 is 15.5 Å². The van der Waals surface area contributed by atoms with Crippen LogP contribution in [0.3, 0.4) is 0 Å². The van der Waals surface area contributed by atoms with Gasteiger partial charge in [0.25, 0.3) is 12.3 Å². The summed E-state index contributed by atoms with van der Waals surface area (Å²) < 4.78 is 26.7. The predicted octanol–water partition coefficient (Wildman–Crippen LogP) is 4.37. The standard InChI is InChI=1S/C28H28F2N8O/c1-36-9-11-37(12-10-36)20-4-2-3-19(14-20)34-26-6-5-21-22(15-31-27(21)35-26)18-7-8-38-24(13-18)23(16-33-38)28(39)32-17-25(29)30/h2-8,13-16,25H,9-12,17H2,1H3,(H,32,39)(H2,31,34,35). The van der Waals surface area contributed by atoms with Crippen molar-refractivity contribution in [1.29, 1.82) is 0 Å². The number of H-pyrrole nitrogens is 1. The molecule has 1 aromatic carbocycles. The van der Waals surface area contributed by atoms with E-state index in [0.717, 1.165) is 54.2 Å². The van der Waals surface area contributed by atoms with Crippen molar-refractivity contribution < 1.29 is 13.6 Å². The van der Waals surface area contributed by atoms with E-state index in [1.165, 1.54) is 11.9 Å². The summed E-state index contributed by atoms with van der Waals surface area (Å²) in [5, 5.41) is 10.7. The van der Waals surface area contributed by atoms with Crippen LogP contribution in [0.25, 0.3) is 27.7 Å². The molecule has 4 aromatic heterocycles. The second kappa shape index (κ2) is 10.3. The normalized spacial score (nSPS) is 14.4. The molecule has 0 atom stereocenters. The highest BCUT2D eigenvalue weighted by Crippen LogP contribution is 2.31. The van der Waals surface area contributed by atoms with Crippen molar-refractivity contribution in [2.75, 3.05) is 50.0 Å². The minimum atomic E-state index is -2.62. The molecule has 6 rings (SSSR count). The fraction of sp³-hybridized carbons (Fsp3) is 0.250. The molecule has 39 heavy (non-hydrogen) atoms. The molecule has 0 spiro atoms. The first-order valence-corrected chi connectivity index (χ1v) is 12.8. The van der Waals surface area contributed by atoms with Crippen LogP contribution in [0.2, 0.25) is 0 Å². The molecule has 1 aliphatic heterocycles. The molecule has 1 aliphatic rings. The molecule has 5 aromatic rings. The molecule has 200 valence electrons. The fourth-order valence-electron chi connectivity index (χ4n) is 4.89. The van der Waals surface area contributed by atoms with Crippen LogP contribution in [0.5, 0.6) is 0 Å². The molecular weight excluding hydrogens is 502 g/mol. The van der Waals surface area contributed by atoms with Gasteiger partial charge in [0.05, 0.1) is 23.8 Å². The average molecular weight is 531 g/mol. The van der Waals surface area contributed by atoms with Gasteiger partial charge in [-0.2, -0.15) is 5.10 Å². The highest BCUT2D eigenvalue weighted by atomic mass is 19.3. The number of carbonyl (C=O) groups excluding carboxylic acids is 1. The zero-order valence-corrected chi connectivity index (χ0v) is 21.4. The maximum atomic E-state index is 12.6. The number of rotatable bonds is 7. The molecule has 5 heterocycles. The van der Waals surface area contributed by atoms with Gasteiger partial charge >= 0.3 is 0 Å². The van der Waals surface area contributed by atoms with Crippen molar-refractivity contribution in [3.8, 4) is 11.1 Å². The van der Waals surface area contributed by atoms with Crippen LogP contribution in [0.1, 0.15) is 10.4 Å². The van der Waals surface area contributed by atoms with Gasteiger partial charge in [0.1, 0.15) is 11.5 Å². The first-order valence-electron chi connectivity index (χ1n) is 12.8. The minimum absolute atomic E-state index is 0.237. The Balaban J connectivity index is 1.24. The maximum absolute atomic E-state index is 12.6. The van der Waals surface area contributed by atoms with Crippen LogP contribution >= 0.6 is 0 Å². The Morgan fingerprint density at radius 3 is 2.77 bits per heavy atom. The number of benzene rings is 1. The Bertz CT molecular complexity index is 1640. The molecule has 3 N–H and O–H groups in total. The summed E-state index contributed by atoms with van der Waals surface area (Å²) in [6, 6.07) is 16.0. The smallest absolute Gasteiger partial charge is 0.255 e. The van der Waals surface area contributed by atoms with E-state index in [1.807, 2.05) is 36.5 Å². The lowest BCUT2D eigenvalue weighted by atomic mass is 10.1. The summed E-state index contributed by atoms with van der Waals surface area (Å²) in [7, 11) is 2.15. The van der Waals surface area contributed by atoms with Gasteiger partial charge in [-0.1, -0.05) is 6.07 Å². The van der Waals surface area contributed by atoms with E-state index in [-0.39, 0.29) is 5.56 Å². The van der Waals surface area contributed by atoms with Gasteiger partial charge in [-0.15, -0.1) is 0 Å². The van der Waals surface area contributed by atoms with Gasteiger partial charge in [-0.25, -0.2) is 18.3 Å². The first kappa shape index (κ1) is 24.8. The monoisotopic (exact) mass is 530 g/mol. The molecule has 11 heteroatoms. The Morgan fingerprint density at radius 1 is 1.10 bits per heavy atom. The number of anilines is 3. The lowest BCUT2D eigenvalue weighted by Crippen LogP contribution is -2.44. The third kappa shape index (κ3) is 5.13. The first-order chi connectivity index (χ1) is 18.9. The van der Waals surface area contributed by atoms with Crippen LogP contribution in [0.15, 0.2) is 67.1 Å². The zero-order valence-electron chi connectivity index (χ0n) is 21.4. The third-order valence-corrected chi connectivity index (χ3v) is 7.02. The molecule has 1 saturated heterocycles. The zero-order chi connectivity index (χ0) is 26.9. The molecular formula is C28H28F2N8O. The highest BCUT2D eigenvalue weighted by Gasteiger charge is 2.17. The SMILES string of the molecule is CN1CCN(c2cccc(Nc3ccc4c(-c5ccn6ncc(C(=O)NCC(F)F)c6c5)c[nH]c4n3)c2)CC1. The molecule has 0 radical (unpaired) electrons. The van der Waals surface area contributed by atoms with Gasteiger partial charge in [0.15, 0.2) is 0 Å². The van der Waals surface area contributed by atoms with E-state index < -0.39 is 18.9 Å². The maximum Gasteiger partial charge on any atom is 0.255 e. The average Bonchev–Trinajstić information content (AvgIpc) is 3.56. The van der Waals surface area contributed by atoms with Crippen molar-refractivity contribution in [2.24, 2.45) is 0 Å². The number of nitrogens with one attached hydrogen (secondary N) is 3. The summed E-state index contributed by atoms with van der Waals surface area (Å²) in [5.74, 6) is 0.131. The number of fused-ring (bicyclic) bond motifs is 2. The highest BCUT2D eigenvalue weighted by molar-refractivity contribution is 6.02. The summed E-state index contributed by atoms with van der Waals surface area (Å²) in [6.07, 6.45) is 2.37. The van der Waals surface area contributed by atoms with E-state index >= 15 is 0 Å². The van der Waals surface area contributed by atoms with Gasteiger partial charge in [0, 0.05) is 60.9 Å². The van der Waals surface area contributed by atoms with Crippen LogP contribution in [0, 0.1) is 0 Å². The number of amides is 1. The van der Waals surface area contributed by atoms with E-state index in [0.29, 0.717) is 11.2 Å². The Labute approximate surface area is 223 Å². The topological polar surface area (TPSA) is 93.6 Å². The van der Waals surface area contributed by atoms with Gasteiger partial charge in [-0.05, 0) is 55.1 Å². The number of piperazine rings is 1. The number of aromatic amines is 1. The molecule has 0 unspecified atom stereocenters. The molecule has 0 aliphatic carbocycles. The van der Waals surface area contributed by atoms with Crippen LogP contribution in [-0.4, -0.2) is 76.6 Å². The van der Waals surface area contributed by atoms with E-state index in [4.69, 9.17) is 4.98 Å². The van der Waals surface area contributed by atoms with E-state index in [9.17, 15) is 13.6 Å². The number of likely N-dealkylation sites (N-methyl/N-ethyl adjacent to an activating group) is 1. The number of aromatic nitrogens is 4. The molecule has 1 amide bonds. The summed E-state index contributed by atoms with van der Waals surface area (Å²) >= 11 is 0. The number of alkyl halides is 2. The Kier molecular flexibility index (Phi) is 6.57. The quantitative estimate of drug-likeness (QED) is 0.290. The van der Waals surface area contributed by atoms with Gasteiger partial charge in [0.2, 0.25) is 0 Å². The Morgan fingerprint density at radius 2 is 1.95 bits per heavy atom. The molecule has 0 bridgehead atoms. The summed E-state index contributed by atoms with van der Waals surface area (Å²) in [4.78, 5) is 25.2. The number of hydrogen-bond donors (Lipinski definition) is 3. The van der Waals surface area contributed by atoms with E-state index in [1.54, 1.807) is 10.7 Å². The Hall–Kier alpha value is -4.51. The summed E-state index contributed by atoms with van der Waals surface area (Å²) in [5.41, 5.74) is 5.39. The number of carbonyl (C=O) groups is 1. The number of hydrogen-bond acceptors (Lipinski definition) is 6. The van der Waals surface area contributed by atoms with Crippen LogP contribution in [-0.2, 0) is 0 Å². The van der Waals surface area contributed by atoms with Crippen molar-refractivity contribution >= 4 is 39.6 Å². The second-order valence-corrected chi connectivity index (χ2v) is 9.67. The lowest BCUT2D eigenvalue weighted by Gasteiger charge is -2.34. The van der Waals surface area contributed by atoms with Crippen molar-refractivity contribution in [3.63, 3.8) is 0 Å². The molecule has 9 nitrogen and oxygen atoms in total. The molecule has 1 fully saturated rings. The minimum Gasteiger partial charge on any atom is -0.369 e. The number of pyridine rings is 2. The number of halogens is 2. The molecule has 0 saturated carbocycles. The van der Waals surface area contributed by atoms with Crippen molar-refractivity contribution in [1.82, 2.24) is 29.8 Å². The third-order valence-electron chi connectivity index (χ3n) is 7.02. The van der Waals surface area contributed by atoms with Gasteiger partial charge in [-0.3, -0.25) is 4.79 Å². The van der Waals surface area contributed by atoms with Crippen LogP contribution in [0.4, 0.5) is 26.0 Å². The lowest BCUT2D eigenvalue weighted by molar-refractivity contribution is 0.0893. The van der Waals surface area contributed by atoms with Crippen molar-refractivity contribution in [2.45, 2.75) is 6.43 Å². The number of nitrogens with zero attached hydrogens (tertiary/aromatic N) is 5. The predicted molar refractivity (Wildman–Crippen MR) is 148 cm³/mol. The van der Waals surface area contributed by atoms with Crippen molar-refractivity contribution in [3.05, 3.63) is 72.7 Å². The summed E-state index contributed by atoms with van der Waals surface area (Å²) in [6.45, 7) is 3.39. The van der Waals surface area contributed by atoms with Gasteiger partial charge < -0.3 is 25.4 Å². The second-order valence-electron chi connectivity index (χ2n) is 9.67. The van der Waals surface area contributed by atoms with E-state index in [2.05, 4.69) is 55.8 Å². The fourth-order valence-corrected chi connectivity index (χ4v) is 4.89.